The van der Waals surface area contributed by atoms with Crippen LogP contribution in [0, 0.1) is 26.7 Å². The van der Waals surface area contributed by atoms with Crippen LogP contribution < -0.4 is 10.1 Å². The summed E-state index contributed by atoms with van der Waals surface area (Å²) in [7, 11) is 0. The van der Waals surface area contributed by atoms with Gasteiger partial charge in [-0.15, -0.1) is 0 Å². The number of aryl methyl sites for hydroxylation is 3. The molecule has 0 amide bonds. The highest BCUT2D eigenvalue weighted by Crippen LogP contribution is 2.22. The van der Waals surface area contributed by atoms with Crippen LogP contribution in [0.1, 0.15) is 30.5 Å². The molecule has 0 aliphatic heterocycles. The molecule has 1 aromatic rings. The Kier molecular flexibility index (Phi) is 5.49. The van der Waals surface area contributed by atoms with Crippen molar-refractivity contribution in [2.45, 2.75) is 34.6 Å². The van der Waals surface area contributed by atoms with Crippen LogP contribution >= 0.6 is 0 Å². The lowest BCUT2D eigenvalue weighted by molar-refractivity contribution is 0.309. The molecule has 0 aliphatic rings. The van der Waals surface area contributed by atoms with E-state index in [9.17, 15) is 0 Å². The van der Waals surface area contributed by atoms with Gasteiger partial charge in [0.15, 0.2) is 0 Å². The zero-order valence-corrected chi connectivity index (χ0v) is 11.8. The molecule has 0 fully saturated rings. The molecule has 2 heteroatoms. The van der Waals surface area contributed by atoms with E-state index in [1.807, 2.05) is 0 Å². The minimum atomic E-state index is 0.693. The third-order valence-electron chi connectivity index (χ3n) is 2.88. The van der Waals surface area contributed by atoms with Crippen molar-refractivity contribution in [3.63, 3.8) is 0 Å². The van der Waals surface area contributed by atoms with Crippen molar-refractivity contribution >= 4 is 0 Å². The average molecular weight is 235 g/mol. The van der Waals surface area contributed by atoms with Crippen molar-refractivity contribution in [2.75, 3.05) is 19.7 Å². The van der Waals surface area contributed by atoms with Crippen molar-refractivity contribution < 1.29 is 4.74 Å². The summed E-state index contributed by atoms with van der Waals surface area (Å²) >= 11 is 0. The van der Waals surface area contributed by atoms with Gasteiger partial charge in [0.25, 0.3) is 0 Å². The predicted octanol–water partition coefficient (Wildman–Crippen LogP) is 3.24. The molecule has 0 atom stereocenters. The molecule has 1 aromatic carbocycles. The lowest BCUT2D eigenvalue weighted by Crippen LogP contribution is -2.25. The fourth-order valence-corrected chi connectivity index (χ4v) is 1.71. The molecule has 0 unspecified atom stereocenters. The van der Waals surface area contributed by atoms with Gasteiger partial charge in [-0.25, -0.2) is 0 Å². The SMILES string of the molecule is Cc1cc(C)c(OCCNCC(C)C)cc1C. The highest BCUT2D eigenvalue weighted by molar-refractivity contribution is 5.40. The maximum atomic E-state index is 5.79. The zero-order chi connectivity index (χ0) is 12.8. The van der Waals surface area contributed by atoms with Crippen LogP contribution in [0.5, 0.6) is 5.75 Å². The Hall–Kier alpha value is -1.02. The third-order valence-corrected chi connectivity index (χ3v) is 2.88. The summed E-state index contributed by atoms with van der Waals surface area (Å²) in [6, 6.07) is 4.32. The lowest BCUT2D eigenvalue weighted by Gasteiger charge is -2.12. The molecule has 0 aliphatic carbocycles. The van der Waals surface area contributed by atoms with E-state index < -0.39 is 0 Å². The van der Waals surface area contributed by atoms with E-state index in [2.05, 4.69) is 52.1 Å². The minimum Gasteiger partial charge on any atom is -0.492 e. The van der Waals surface area contributed by atoms with E-state index in [4.69, 9.17) is 4.74 Å². The van der Waals surface area contributed by atoms with Crippen molar-refractivity contribution in [2.24, 2.45) is 5.92 Å². The smallest absolute Gasteiger partial charge is 0.122 e. The molecule has 0 radical (unpaired) electrons. The first kappa shape index (κ1) is 14.0. The Bertz CT molecular complexity index is 358. The summed E-state index contributed by atoms with van der Waals surface area (Å²) in [5, 5.41) is 3.38. The van der Waals surface area contributed by atoms with Crippen molar-refractivity contribution in [3.05, 3.63) is 28.8 Å². The normalized spacial score (nSPS) is 10.9. The van der Waals surface area contributed by atoms with Gasteiger partial charge in [0, 0.05) is 6.54 Å². The van der Waals surface area contributed by atoms with Gasteiger partial charge < -0.3 is 10.1 Å². The van der Waals surface area contributed by atoms with Gasteiger partial charge in [0.05, 0.1) is 0 Å². The molecular formula is C15H25NO. The standard InChI is InChI=1S/C15H25NO/c1-11(2)10-16-6-7-17-15-9-13(4)12(3)8-14(15)5/h8-9,11,16H,6-7,10H2,1-5H3. The summed E-state index contributed by atoms with van der Waals surface area (Å²) in [6.07, 6.45) is 0. The summed E-state index contributed by atoms with van der Waals surface area (Å²) in [6.45, 7) is 13.5. The fourth-order valence-electron chi connectivity index (χ4n) is 1.71. The van der Waals surface area contributed by atoms with Crippen LogP contribution in [0.2, 0.25) is 0 Å². The van der Waals surface area contributed by atoms with Crippen LogP contribution in [-0.2, 0) is 0 Å². The minimum absolute atomic E-state index is 0.693. The van der Waals surface area contributed by atoms with E-state index >= 15 is 0 Å². The fraction of sp³-hybridized carbons (Fsp3) is 0.600. The van der Waals surface area contributed by atoms with Crippen LogP contribution in [0.15, 0.2) is 12.1 Å². The number of rotatable bonds is 6. The van der Waals surface area contributed by atoms with Crippen LogP contribution in [0.3, 0.4) is 0 Å². The molecule has 1 N–H and O–H groups in total. The molecule has 0 saturated carbocycles. The van der Waals surface area contributed by atoms with Gasteiger partial charge >= 0.3 is 0 Å². The topological polar surface area (TPSA) is 21.3 Å². The molecule has 96 valence electrons. The zero-order valence-electron chi connectivity index (χ0n) is 11.8. The van der Waals surface area contributed by atoms with E-state index in [1.54, 1.807) is 0 Å². The first-order valence-corrected chi connectivity index (χ1v) is 6.42. The summed E-state index contributed by atoms with van der Waals surface area (Å²) in [4.78, 5) is 0. The van der Waals surface area contributed by atoms with Crippen molar-refractivity contribution in [1.82, 2.24) is 5.32 Å². The van der Waals surface area contributed by atoms with Crippen LogP contribution in [0.4, 0.5) is 0 Å². The second kappa shape index (κ2) is 6.65. The summed E-state index contributed by atoms with van der Waals surface area (Å²) in [5.74, 6) is 1.71. The van der Waals surface area contributed by atoms with Gasteiger partial charge in [-0.3, -0.25) is 0 Å². The van der Waals surface area contributed by atoms with E-state index in [1.165, 1.54) is 16.7 Å². The highest BCUT2D eigenvalue weighted by Gasteiger charge is 2.02. The molecule has 0 saturated heterocycles. The predicted molar refractivity (Wildman–Crippen MR) is 73.9 cm³/mol. The van der Waals surface area contributed by atoms with Gasteiger partial charge in [-0.05, 0) is 56.0 Å². The number of hydrogen-bond donors (Lipinski definition) is 1. The van der Waals surface area contributed by atoms with Crippen LogP contribution in [0.25, 0.3) is 0 Å². The van der Waals surface area contributed by atoms with Gasteiger partial charge in [-0.2, -0.15) is 0 Å². The number of benzene rings is 1. The molecule has 0 spiro atoms. The maximum Gasteiger partial charge on any atom is 0.122 e. The molecule has 17 heavy (non-hydrogen) atoms. The first-order chi connectivity index (χ1) is 8.00. The van der Waals surface area contributed by atoms with Gasteiger partial charge in [0.2, 0.25) is 0 Å². The summed E-state index contributed by atoms with van der Waals surface area (Å²) < 4.78 is 5.79. The average Bonchev–Trinajstić information content (AvgIpc) is 2.24. The van der Waals surface area contributed by atoms with Crippen molar-refractivity contribution in [1.29, 1.82) is 0 Å². The third kappa shape index (κ3) is 4.78. The second-order valence-corrected chi connectivity index (χ2v) is 5.15. The maximum absolute atomic E-state index is 5.79. The van der Waals surface area contributed by atoms with E-state index in [0.29, 0.717) is 5.92 Å². The largest absolute Gasteiger partial charge is 0.492 e. The Balaban J connectivity index is 2.39. The van der Waals surface area contributed by atoms with E-state index in [-0.39, 0.29) is 0 Å². The highest BCUT2D eigenvalue weighted by atomic mass is 16.5. The number of nitrogens with one attached hydrogen (secondary N) is 1. The Morgan fingerprint density at radius 3 is 2.35 bits per heavy atom. The van der Waals surface area contributed by atoms with Crippen LogP contribution in [-0.4, -0.2) is 19.7 Å². The molecular weight excluding hydrogens is 210 g/mol. The van der Waals surface area contributed by atoms with Crippen molar-refractivity contribution in [3.8, 4) is 5.75 Å². The monoisotopic (exact) mass is 235 g/mol. The van der Waals surface area contributed by atoms with Gasteiger partial charge in [-0.1, -0.05) is 19.9 Å². The molecule has 0 aromatic heterocycles. The van der Waals surface area contributed by atoms with E-state index in [0.717, 1.165) is 25.4 Å². The summed E-state index contributed by atoms with van der Waals surface area (Å²) in [5.41, 5.74) is 3.84. The lowest BCUT2D eigenvalue weighted by atomic mass is 10.1. The molecule has 0 bridgehead atoms. The van der Waals surface area contributed by atoms with Gasteiger partial charge in [0.1, 0.15) is 12.4 Å². The Morgan fingerprint density at radius 2 is 1.71 bits per heavy atom. The number of hydrogen-bond acceptors (Lipinski definition) is 2. The molecule has 2 nitrogen and oxygen atoms in total. The Morgan fingerprint density at radius 1 is 1.06 bits per heavy atom. The Labute approximate surface area is 105 Å². The quantitative estimate of drug-likeness (QED) is 0.764. The molecule has 0 heterocycles. The number of ether oxygens (including phenoxy) is 1. The molecule has 1 rings (SSSR count). The second-order valence-electron chi connectivity index (χ2n) is 5.15. The first-order valence-electron chi connectivity index (χ1n) is 6.42.